The number of rotatable bonds is 0. The lowest BCUT2D eigenvalue weighted by atomic mass is 9.75. The van der Waals surface area contributed by atoms with Crippen LogP contribution in [0.25, 0.3) is 0 Å². The van der Waals surface area contributed by atoms with Crippen LogP contribution in [0.15, 0.2) is 48.1 Å². The van der Waals surface area contributed by atoms with E-state index in [1.807, 2.05) is 12.2 Å². The lowest BCUT2D eigenvalue weighted by Gasteiger charge is -2.25. The van der Waals surface area contributed by atoms with E-state index in [2.05, 4.69) is 0 Å². The predicted octanol–water partition coefficient (Wildman–Crippen LogP) is 2.57. The van der Waals surface area contributed by atoms with Gasteiger partial charge in [0.1, 0.15) is 0 Å². The predicted molar refractivity (Wildman–Crippen MR) is 60.4 cm³/mol. The van der Waals surface area contributed by atoms with E-state index in [4.69, 9.17) is 0 Å². The number of fused-ring (bicyclic) bond motifs is 2. The molecule has 78 valence electrons. The molecule has 0 fully saturated rings. The molecule has 16 heavy (non-hydrogen) atoms. The third-order valence-corrected chi connectivity index (χ3v) is 3.17. The van der Waals surface area contributed by atoms with Crippen molar-refractivity contribution in [3.05, 3.63) is 59.2 Å². The van der Waals surface area contributed by atoms with Gasteiger partial charge in [-0.15, -0.1) is 0 Å². The Morgan fingerprint density at radius 1 is 1.06 bits per heavy atom. The Morgan fingerprint density at radius 3 is 2.62 bits per heavy atom. The minimum atomic E-state index is -0.257. The molecule has 0 bridgehead atoms. The highest BCUT2D eigenvalue weighted by molar-refractivity contribution is 6.23. The Kier molecular flexibility index (Phi) is 1.90. The van der Waals surface area contributed by atoms with Crippen molar-refractivity contribution >= 4 is 11.6 Å². The summed E-state index contributed by atoms with van der Waals surface area (Å²) in [5.41, 5.74) is 1.77. The number of hydrogen-bond acceptors (Lipinski definition) is 2. The molecule has 0 saturated heterocycles. The molecular formula is C14H10O2. The average Bonchev–Trinajstić information content (AvgIpc) is 2.36. The Morgan fingerprint density at radius 2 is 1.81 bits per heavy atom. The maximum Gasteiger partial charge on any atom is 0.190 e. The lowest BCUT2D eigenvalue weighted by Crippen LogP contribution is -2.30. The molecule has 0 radical (unpaired) electrons. The molecule has 3 rings (SSSR count). The summed E-state index contributed by atoms with van der Waals surface area (Å²) in [4.78, 5) is 24.3. The Bertz CT molecular complexity index is 550. The smallest absolute Gasteiger partial charge is 0.190 e. The molecule has 0 aliphatic heterocycles. The van der Waals surface area contributed by atoms with Gasteiger partial charge in [-0.05, 0) is 6.42 Å². The second-order valence-electron chi connectivity index (χ2n) is 4.08. The first-order chi connectivity index (χ1) is 7.79. The number of Topliss-reactive ketones (excluding diaryl/α,β-unsaturated/α-hetero) is 2. The number of allylic oxidation sites excluding steroid dienone is 4. The molecular weight excluding hydrogens is 200 g/mol. The number of carbonyl (C=O) groups excluding carboxylic acids is 2. The summed E-state index contributed by atoms with van der Waals surface area (Å²) in [6, 6.07) is 7.07. The SMILES string of the molecule is O=C1C2=CC=CCC2C(=O)c2ccccc21. The van der Waals surface area contributed by atoms with Crippen molar-refractivity contribution in [2.75, 3.05) is 0 Å². The summed E-state index contributed by atoms with van der Waals surface area (Å²) in [5, 5.41) is 0. The zero-order chi connectivity index (χ0) is 11.1. The van der Waals surface area contributed by atoms with E-state index in [1.165, 1.54) is 0 Å². The summed E-state index contributed by atoms with van der Waals surface area (Å²) in [6.45, 7) is 0. The third kappa shape index (κ3) is 1.13. The molecule has 2 aliphatic rings. The fourth-order valence-electron chi connectivity index (χ4n) is 2.35. The van der Waals surface area contributed by atoms with Crippen molar-refractivity contribution in [1.29, 1.82) is 0 Å². The van der Waals surface area contributed by atoms with Crippen molar-refractivity contribution in [3.8, 4) is 0 Å². The lowest BCUT2D eigenvalue weighted by molar-refractivity contribution is 0.0882. The van der Waals surface area contributed by atoms with Crippen LogP contribution in [0.5, 0.6) is 0 Å². The van der Waals surface area contributed by atoms with Gasteiger partial charge in [-0.25, -0.2) is 0 Å². The second kappa shape index (κ2) is 3.27. The van der Waals surface area contributed by atoms with Crippen LogP contribution in [0.3, 0.4) is 0 Å². The largest absolute Gasteiger partial charge is 0.293 e. The molecule has 0 saturated carbocycles. The van der Waals surface area contributed by atoms with Crippen molar-refractivity contribution in [2.24, 2.45) is 5.92 Å². The van der Waals surface area contributed by atoms with E-state index in [-0.39, 0.29) is 17.5 Å². The van der Waals surface area contributed by atoms with Crippen LogP contribution < -0.4 is 0 Å². The highest BCUT2D eigenvalue weighted by Gasteiger charge is 2.36. The van der Waals surface area contributed by atoms with E-state index in [0.717, 1.165) is 0 Å². The Hall–Kier alpha value is -1.96. The molecule has 1 aromatic carbocycles. The number of ketones is 2. The van der Waals surface area contributed by atoms with Crippen molar-refractivity contribution in [1.82, 2.24) is 0 Å². The molecule has 1 atom stereocenters. The minimum absolute atomic E-state index is 0.00421. The van der Waals surface area contributed by atoms with Gasteiger partial charge in [0.05, 0.1) is 5.92 Å². The zero-order valence-corrected chi connectivity index (χ0v) is 8.64. The summed E-state index contributed by atoms with van der Waals surface area (Å²) in [6.07, 6.45) is 6.20. The van der Waals surface area contributed by atoms with E-state index < -0.39 is 0 Å². The molecule has 2 nitrogen and oxygen atoms in total. The maximum atomic E-state index is 12.2. The van der Waals surface area contributed by atoms with Gasteiger partial charge in [-0.2, -0.15) is 0 Å². The normalized spacial score (nSPS) is 22.5. The highest BCUT2D eigenvalue weighted by atomic mass is 16.1. The molecule has 0 spiro atoms. The van der Waals surface area contributed by atoms with Gasteiger partial charge < -0.3 is 0 Å². The molecule has 1 unspecified atom stereocenters. The van der Waals surface area contributed by atoms with E-state index in [9.17, 15) is 9.59 Å². The fraction of sp³-hybridized carbons (Fsp3) is 0.143. The number of carbonyl (C=O) groups is 2. The van der Waals surface area contributed by atoms with Gasteiger partial charge in [0.15, 0.2) is 11.6 Å². The van der Waals surface area contributed by atoms with Gasteiger partial charge in [-0.1, -0.05) is 42.5 Å². The summed E-state index contributed by atoms with van der Waals surface area (Å²) < 4.78 is 0. The van der Waals surface area contributed by atoms with Crippen LogP contribution in [0.2, 0.25) is 0 Å². The van der Waals surface area contributed by atoms with E-state index in [0.29, 0.717) is 23.1 Å². The van der Waals surface area contributed by atoms with E-state index in [1.54, 1.807) is 30.3 Å². The molecule has 2 heteroatoms. The molecule has 2 aliphatic carbocycles. The molecule has 0 heterocycles. The summed E-state index contributed by atoms with van der Waals surface area (Å²) >= 11 is 0. The van der Waals surface area contributed by atoms with Gasteiger partial charge in [-0.3, -0.25) is 9.59 Å². The van der Waals surface area contributed by atoms with Crippen molar-refractivity contribution in [3.63, 3.8) is 0 Å². The monoisotopic (exact) mass is 210 g/mol. The maximum absolute atomic E-state index is 12.2. The van der Waals surface area contributed by atoms with Crippen molar-refractivity contribution < 1.29 is 9.59 Å². The average molecular weight is 210 g/mol. The molecule has 0 aromatic heterocycles. The molecule has 0 amide bonds. The van der Waals surface area contributed by atoms with Crippen LogP contribution in [-0.4, -0.2) is 11.6 Å². The van der Waals surface area contributed by atoms with Crippen molar-refractivity contribution in [2.45, 2.75) is 6.42 Å². The van der Waals surface area contributed by atoms with Gasteiger partial charge >= 0.3 is 0 Å². The fourth-order valence-corrected chi connectivity index (χ4v) is 2.35. The van der Waals surface area contributed by atoms with Crippen LogP contribution in [0, 0.1) is 5.92 Å². The van der Waals surface area contributed by atoms with Gasteiger partial charge in [0.25, 0.3) is 0 Å². The third-order valence-electron chi connectivity index (χ3n) is 3.17. The standard InChI is InChI=1S/C14H10O2/c15-13-9-5-1-2-6-10(9)14(16)12-8-4-3-7-11(12)13/h1-7,12H,8H2. The minimum Gasteiger partial charge on any atom is -0.293 e. The van der Waals surface area contributed by atoms with Crippen LogP contribution in [0.1, 0.15) is 27.1 Å². The summed E-state index contributed by atoms with van der Waals surface area (Å²) in [5.74, 6) is -0.178. The van der Waals surface area contributed by atoms with Crippen LogP contribution in [-0.2, 0) is 0 Å². The van der Waals surface area contributed by atoms with Gasteiger partial charge in [0, 0.05) is 16.7 Å². The van der Waals surface area contributed by atoms with Crippen LogP contribution >= 0.6 is 0 Å². The zero-order valence-electron chi connectivity index (χ0n) is 8.64. The first-order valence-corrected chi connectivity index (χ1v) is 5.33. The second-order valence-corrected chi connectivity index (χ2v) is 4.08. The Labute approximate surface area is 93.3 Å². The number of benzene rings is 1. The molecule has 1 aromatic rings. The topological polar surface area (TPSA) is 34.1 Å². The number of hydrogen-bond donors (Lipinski definition) is 0. The van der Waals surface area contributed by atoms with Crippen LogP contribution in [0.4, 0.5) is 0 Å². The first-order valence-electron chi connectivity index (χ1n) is 5.33. The highest BCUT2D eigenvalue weighted by Crippen LogP contribution is 2.33. The quantitative estimate of drug-likeness (QED) is 0.659. The first kappa shape index (κ1) is 9.28. The van der Waals surface area contributed by atoms with E-state index >= 15 is 0 Å². The Balaban J connectivity index is 2.24. The summed E-state index contributed by atoms with van der Waals surface area (Å²) in [7, 11) is 0. The van der Waals surface area contributed by atoms with Gasteiger partial charge in [0.2, 0.25) is 0 Å². The molecule has 0 N–H and O–H groups in total.